The molecule has 5 nitrogen and oxygen atoms in total. The fraction of sp³-hybridized carbons (Fsp3) is 0.375. The predicted molar refractivity (Wildman–Crippen MR) is 83.7 cm³/mol. The first-order valence-corrected chi connectivity index (χ1v) is 7.35. The van der Waals surface area contributed by atoms with E-state index < -0.39 is 5.60 Å². The van der Waals surface area contributed by atoms with E-state index in [1.54, 1.807) is 45.0 Å². The number of aliphatic hydroxyl groups is 1. The minimum absolute atomic E-state index is 0.0684. The molecule has 118 valence electrons. The number of carbonyl (C=O) groups excluding carboxylic acids is 1. The molecular formula is C16H19ClN2O3. The molecule has 0 bridgehead atoms. The molecule has 0 fully saturated rings. The average Bonchev–Trinajstić information content (AvgIpc) is 2.77. The number of carbonyl (C=O) groups is 1. The van der Waals surface area contributed by atoms with Crippen LogP contribution in [0.25, 0.3) is 0 Å². The number of amides is 1. The van der Waals surface area contributed by atoms with E-state index in [0.717, 1.165) is 5.56 Å². The highest BCUT2D eigenvalue weighted by Crippen LogP contribution is 2.27. The quantitative estimate of drug-likeness (QED) is 0.887. The van der Waals surface area contributed by atoms with Gasteiger partial charge in [-0.2, -0.15) is 0 Å². The first-order valence-electron chi connectivity index (χ1n) is 6.97. The van der Waals surface area contributed by atoms with Crippen LogP contribution in [0.5, 0.6) is 0 Å². The first-order chi connectivity index (χ1) is 10.3. The molecule has 0 saturated heterocycles. The molecule has 1 heterocycles. The maximum atomic E-state index is 12.1. The van der Waals surface area contributed by atoms with Crippen LogP contribution in [0.2, 0.25) is 5.02 Å². The number of aryl methyl sites for hydroxylation is 2. The molecule has 0 saturated carbocycles. The summed E-state index contributed by atoms with van der Waals surface area (Å²) >= 11 is 6.09. The van der Waals surface area contributed by atoms with Gasteiger partial charge in [-0.25, -0.2) is 0 Å². The van der Waals surface area contributed by atoms with E-state index in [-0.39, 0.29) is 18.9 Å². The van der Waals surface area contributed by atoms with Crippen molar-refractivity contribution in [2.75, 3.05) is 6.54 Å². The van der Waals surface area contributed by atoms with E-state index in [9.17, 15) is 9.90 Å². The molecule has 1 aromatic carbocycles. The van der Waals surface area contributed by atoms with Crippen LogP contribution in [0.1, 0.15) is 29.5 Å². The maximum Gasteiger partial charge on any atom is 0.224 e. The van der Waals surface area contributed by atoms with Crippen LogP contribution >= 0.6 is 11.6 Å². The molecule has 22 heavy (non-hydrogen) atoms. The summed E-state index contributed by atoms with van der Waals surface area (Å²) in [6.07, 6.45) is 0.166. The Kier molecular flexibility index (Phi) is 4.88. The number of nitrogens with one attached hydrogen (secondary N) is 1. The molecule has 1 amide bonds. The number of aromatic nitrogens is 1. The Morgan fingerprint density at radius 3 is 2.68 bits per heavy atom. The topological polar surface area (TPSA) is 75.4 Å². The van der Waals surface area contributed by atoms with Crippen LogP contribution < -0.4 is 5.32 Å². The Morgan fingerprint density at radius 1 is 1.41 bits per heavy atom. The highest BCUT2D eigenvalue weighted by Gasteiger charge is 2.26. The Labute approximate surface area is 134 Å². The summed E-state index contributed by atoms with van der Waals surface area (Å²) in [7, 11) is 0. The summed E-state index contributed by atoms with van der Waals surface area (Å²) in [5.74, 6) is 0.423. The minimum Gasteiger partial charge on any atom is -0.384 e. The number of hydrogen-bond acceptors (Lipinski definition) is 4. The normalized spacial score (nSPS) is 13.7. The van der Waals surface area contributed by atoms with Crippen LogP contribution in [-0.4, -0.2) is 22.7 Å². The Bertz CT molecular complexity index is 660. The molecule has 1 aromatic heterocycles. The summed E-state index contributed by atoms with van der Waals surface area (Å²) in [6, 6.07) is 7.03. The van der Waals surface area contributed by atoms with Crippen molar-refractivity contribution in [3.63, 3.8) is 0 Å². The second-order valence-electron chi connectivity index (χ2n) is 5.51. The number of halogens is 1. The largest absolute Gasteiger partial charge is 0.384 e. The van der Waals surface area contributed by atoms with Gasteiger partial charge in [0.2, 0.25) is 5.91 Å². The zero-order chi connectivity index (χ0) is 16.3. The number of benzene rings is 1. The van der Waals surface area contributed by atoms with Crippen molar-refractivity contribution in [3.05, 3.63) is 51.9 Å². The van der Waals surface area contributed by atoms with Crippen molar-refractivity contribution >= 4 is 17.5 Å². The lowest BCUT2D eigenvalue weighted by Gasteiger charge is -2.25. The van der Waals surface area contributed by atoms with Crippen LogP contribution in [-0.2, 0) is 16.8 Å². The standard InChI is InChI=1S/C16H19ClN2O3/c1-10-12(11(2)22-19-10)8-15(20)18-9-16(3,21)13-6-4-5-7-14(13)17/h4-7,21H,8-9H2,1-3H3,(H,18,20). The third-order valence-corrected chi connectivity index (χ3v) is 3.93. The van der Waals surface area contributed by atoms with E-state index in [2.05, 4.69) is 10.5 Å². The monoisotopic (exact) mass is 322 g/mol. The van der Waals surface area contributed by atoms with Crippen molar-refractivity contribution < 1.29 is 14.4 Å². The molecule has 0 aliphatic rings. The van der Waals surface area contributed by atoms with Gasteiger partial charge in [0.1, 0.15) is 11.4 Å². The second kappa shape index (κ2) is 6.50. The number of hydrogen-bond donors (Lipinski definition) is 2. The van der Waals surface area contributed by atoms with Crippen LogP contribution in [0.4, 0.5) is 0 Å². The Hall–Kier alpha value is -1.85. The fourth-order valence-electron chi connectivity index (χ4n) is 2.24. The third kappa shape index (κ3) is 3.67. The smallest absolute Gasteiger partial charge is 0.224 e. The third-order valence-electron chi connectivity index (χ3n) is 3.60. The van der Waals surface area contributed by atoms with Gasteiger partial charge in [-0.05, 0) is 26.8 Å². The highest BCUT2D eigenvalue weighted by atomic mass is 35.5. The Balaban J connectivity index is 2.00. The molecule has 0 spiro atoms. The zero-order valence-electron chi connectivity index (χ0n) is 12.8. The van der Waals surface area contributed by atoms with Crippen molar-refractivity contribution in [1.29, 1.82) is 0 Å². The van der Waals surface area contributed by atoms with Crippen molar-refractivity contribution in [2.45, 2.75) is 32.8 Å². The van der Waals surface area contributed by atoms with Crippen molar-refractivity contribution in [3.8, 4) is 0 Å². The lowest BCUT2D eigenvalue weighted by atomic mass is 9.96. The summed E-state index contributed by atoms with van der Waals surface area (Å²) in [6.45, 7) is 5.24. The summed E-state index contributed by atoms with van der Waals surface area (Å²) < 4.78 is 5.03. The van der Waals surface area contributed by atoms with Gasteiger partial charge in [-0.1, -0.05) is 35.0 Å². The maximum absolute atomic E-state index is 12.1. The van der Waals surface area contributed by atoms with Gasteiger partial charge in [0.05, 0.1) is 18.7 Å². The second-order valence-corrected chi connectivity index (χ2v) is 5.92. The van der Waals surface area contributed by atoms with E-state index in [4.69, 9.17) is 16.1 Å². The summed E-state index contributed by atoms with van der Waals surface area (Å²) in [5, 5.41) is 17.5. The number of rotatable bonds is 5. The fourth-order valence-corrected chi connectivity index (χ4v) is 2.58. The molecule has 0 radical (unpaired) electrons. The van der Waals surface area contributed by atoms with Gasteiger partial charge >= 0.3 is 0 Å². The molecule has 1 unspecified atom stereocenters. The van der Waals surface area contributed by atoms with Crippen LogP contribution in [0.15, 0.2) is 28.8 Å². The SMILES string of the molecule is Cc1noc(C)c1CC(=O)NCC(C)(O)c1ccccc1Cl. The van der Waals surface area contributed by atoms with Gasteiger partial charge in [-0.15, -0.1) is 0 Å². The molecule has 0 aliphatic heterocycles. The first kappa shape index (κ1) is 16.5. The number of nitrogens with zero attached hydrogens (tertiary/aromatic N) is 1. The van der Waals surface area contributed by atoms with Gasteiger partial charge in [0.25, 0.3) is 0 Å². The van der Waals surface area contributed by atoms with Crippen molar-refractivity contribution in [1.82, 2.24) is 10.5 Å². The van der Waals surface area contributed by atoms with Crippen molar-refractivity contribution in [2.24, 2.45) is 0 Å². The zero-order valence-corrected chi connectivity index (χ0v) is 13.6. The molecule has 0 aliphatic carbocycles. The summed E-state index contributed by atoms with van der Waals surface area (Å²) in [4.78, 5) is 12.1. The van der Waals surface area contributed by atoms with Crippen LogP contribution in [0, 0.1) is 13.8 Å². The van der Waals surface area contributed by atoms with Crippen LogP contribution in [0.3, 0.4) is 0 Å². The predicted octanol–water partition coefficient (Wildman–Crippen LogP) is 2.51. The highest BCUT2D eigenvalue weighted by molar-refractivity contribution is 6.31. The molecule has 2 rings (SSSR count). The van der Waals surface area contributed by atoms with Gasteiger partial charge in [-0.3, -0.25) is 4.79 Å². The lowest BCUT2D eigenvalue weighted by Crippen LogP contribution is -2.39. The molecule has 6 heteroatoms. The molecule has 1 atom stereocenters. The average molecular weight is 323 g/mol. The molecular weight excluding hydrogens is 304 g/mol. The van der Waals surface area contributed by atoms with Gasteiger partial charge < -0.3 is 14.9 Å². The summed E-state index contributed by atoms with van der Waals surface area (Å²) in [5.41, 5.74) is 0.807. The van der Waals surface area contributed by atoms with E-state index in [1.165, 1.54) is 0 Å². The van der Waals surface area contributed by atoms with Gasteiger partial charge in [0, 0.05) is 16.1 Å². The van der Waals surface area contributed by atoms with E-state index in [1.807, 2.05) is 0 Å². The molecule has 2 aromatic rings. The Morgan fingerprint density at radius 2 is 2.09 bits per heavy atom. The molecule has 2 N–H and O–H groups in total. The minimum atomic E-state index is -1.24. The van der Waals surface area contributed by atoms with E-state index in [0.29, 0.717) is 22.0 Å². The van der Waals surface area contributed by atoms with E-state index >= 15 is 0 Å². The lowest BCUT2D eigenvalue weighted by molar-refractivity contribution is -0.121. The van der Waals surface area contributed by atoms with Gasteiger partial charge in [0.15, 0.2) is 0 Å².